The summed E-state index contributed by atoms with van der Waals surface area (Å²) in [5, 5.41) is 5.36. The van der Waals surface area contributed by atoms with E-state index in [1.165, 1.54) is 12.3 Å². The van der Waals surface area contributed by atoms with Crippen LogP contribution in [0.5, 0.6) is 5.75 Å². The van der Waals surface area contributed by atoms with Crippen LogP contribution in [0, 0.1) is 0 Å². The Kier molecular flexibility index (Phi) is 6.29. The third-order valence-corrected chi connectivity index (χ3v) is 4.30. The van der Waals surface area contributed by atoms with E-state index in [0.717, 1.165) is 10.0 Å². The van der Waals surface area contributed by atoms with Gasteiger partial charge in [0.15, 0.2) is 5.76 Å². The van der Waals surface area contributed by atoms with Crippen LogP contribution in [0.25, 0.3) is 6.08 Å². The molecule has 2 aromatic carbocycles. The maximum atomic E-state index is 12.8. The molecule has 2 N–H and O–H groups in total. The molecule has 0 radical (unpaired) electrons. The maximum Gasteiger partial charge on any atom is 0.291 e. The van der Waals surface area contributed by atoms with E-state index in [2.05, 4.69) is 26.6 Å². The van der Waals surface area contributed by atoms with Crippen LogP contribution in [0.4, 0.5) is 5.69 Å². The summed E-state index contributed by atoms with van der Waals surface area (Å²) in [4.78, 5) is 25.1. The van der Waals surface area contributed by atoms with Crippen molar-refractivity contribution in [2.24, 2.45) is 0 Å². The topological polar surface area (TPSA) is 80.6 Å². The van der Waals surface area contributed by atoms with Gasteiger partial charge in [-0.05, 0) is 60.2 Å². The molecule has 0 atom stereocenters. The zero-order valence-corrected chi connectivity index (χ0v) is 16.5. The van der Waals surface area contributed by atoms with Gasteiger partial charge in [0.25, 0.3) is 11.8 Å². The molecule has 0 aliphatic heterocycles. The molecule has 0 saturated heterocycles. The average Bonchev–Trinajstić information content (AvgIpc) is 3.24. The van der Waals surface area contributed by atoms with E-state index < -0.39 is 11.8 Å². The fraction of sp³-hybridized carbons (Fsp3) is 0.0476. The van der Waals surface area contributed by atoms with Gasteiger partial charge in [0.1, 0.15) is 11.4 Å². The predicted molar refractivity (Wildman–Crippen MR) is 110 cm³/mol. The Morgan fingerprint density at radius 1 is 1.04 bits per heavy atom. The smallest absolute Gasteiger partial charge is 0.291 e. The van der Waals surface area contributed by atoms with Crippen LogP contribution < -0.4 is 15.4 Å². The van der Waals surface area contributed by atoms with Crippen LogP contribution in [0.2, 0.25) is 0 Å². The van der Waals surface area contributed by atoms with Gasteiger partial charge < -0.3 is 19.8 Å². The number of amides is 2. The number of rotatable bonds is 6. The second-order valence-corrected chi connectivity index (χ2v) is 6.64. The van der Waals surface area contributed by atoms with Gasteiger partial charge in [0.05, 0.1) is 13.4 Å². The van der Waals surface area contributed by atoms with E-state index in [1.54, 1.807) is 43.5 Å². The van der Waals surface area contributed by atoms with Crippen LogP contribution in [0.15, 0.2) is 81.5 Å². The van der Waals surface area contributed by atoms with Crippen molar-refractivity contribution >= 4 is 39.5 Å². The number of furan rings is 1. The molecule has 3 rings (SSSR count). The van der Waals surface area contributed by atoms with E-state index in [1.807, 2.05) is 24.3 Å². The summed E-state index contributed by atoms with van der Waals surface area (Å²) >= 11 is 3.37. The summed E-state index contributed by atoms with van der Waals surface area (Å²) < 4.78 is 11.1. The Morgan fingerprint density at radius 2 is 1.75 bits per heavy atom. The summed E-state index contributed by atoms with van der Waals surface area (Å²) in [6, 6.07) is 17.3. The highest BCUT2D eigenvalue weighted by Crippen LogP contribution is 2.17. The van der Waals surface area contributed by atoms with E-state index in [0.29, 0.717) is 11.4 Å². The third kappa shape index (κ3) is 5.11. The van der Waals surface area contributed by atoms with Gasteiger partial charge in [0.2, 0.25) is 0 Å². The molecule has 0 fully saturated rings. The van der Waals surface area contributed by atoms with E-state index >= 15 is 0 Å². The van der Waals surface area contributed by atoms with Gasteiger partial charge >= 0.3 is 0 Å². The van der Waals surface area contributed by atoms with Crippen molar-refractivity contribution in [1.82, 2.24) is 5.32 Å². The number of hydrogen-bond donors (Lipinski definition) is 2. The Balaban J connectivity index is 1.84. The number of carbonyl (C=O) groups excluding carboxylic acids is 2. The van der Waals surface area contributed by atoms with E-state index in [9.17, 15) is 9.59 Å². The van der Waals surface area contributed by atoms with E-state index in [4.69, 9.17) is 9.15 Å². The third-order valence-electron chi connectivity index (χ3n) is 3.77. The molecule has 0 spiro atoms. The molecule has 0 aliphatic rings. The number of benzene rings is 2. The molecule has 3 aromatic rings. The van der Waals surface area contributed by atoms with Gasteiger partial charge in [-0.15, -0.1) is 0 Å². The number of carbonyl (C=O) groups is 2. The van der Waals surface area contributed by atoms with Gasteiger partial charge in [-0.25, -0.2) is 0 Å². The molecule has 0 bridgehead atoms. The highest BCUT2D eigenvalue weighted by atomic mass is 79.9. The quantitative estimate of drug-likeness (QED) is 0.554. The fourth-order valence-electron chi connectivity index (χ4n) is 2.35. The van der Waals surface area contributed by atoms with Crippen LogP contribution in [-0.2, 0) is 4.79 Å². The van der Waals surface area contributed by atoms with Crippen molar-refractivity contribution < 1.29 is 18.7 Å². The lowest BCUT2D eigenvalue weighted by Crippen LogP contribution is -2.30. The van der Waals surface area contributed by atoms with Crippen molar-refractivity contribution in [2.75, 3.05) is 12.4 Å². The van der Waals surface area contributed by atoms with Crippen molar-refractivity contribution in [2.45, 2.75) is 0 Å². The van der Waals surface area contributed by atoms with Crippen molar-refractivity contribution in [1.29, 1.82) is 0 Å². The summed E-state index contributed by atoms with van der Waals surface area (Å²) in [7, 11) is 1.57. The highest BCUT2D eigenvalue weighted by Gasteiger charge is 2.16. The second kappa shape index (κ2) is 9.05. The molecule has 1 aromatic heterocycles. The number of nitrogens with one attached hydrogen (secondary N) is 2. The van der Waals surface area contributed by atoms with Gasteiger partial charge in [-0.2, -0.15) is 0 Å². The first-order valence-electron chi connectivity index (χ1n) is 8.32. The minimum absolute atomic E-state index is 0.0829. The van der Waals surface area contributed by atoms with Gasteiger partial charge in [-0.3, -0.25) is 9.59 Å². The first-order chi connectivity index (χ1) is 13.5. The second-order valence-electron chi connectivity index (χ2n) is 5.72. The SMILES string of the molecule is COc1ccc(NC(=O)C(=Cc2ccc(Br)cc2)NC(=O)c2ccco2)cc1. The molecule has 142 valence electrons. The largest absolute Gasteiger partial charge is 0.497 e. The monoisotopic (exact) mass is 440 g/mol. The predicted octanol–water partition coefficient (Wildman–Crippen LogP) is 4.46. The van der Waals surface area contributed by atoms with E-state index in [-0.39, 0.29) is 11.5 Å². The zero-order valence-electron chi connectivity index (χ0n) is 14.9. The molecule has 0 aliphatic carbocycles. The Hall–Kier alpha value is -3.32. The minimum Gasteiger partial charge on any atom is -0.497 e. The van der Waals surface area contributed by atoms with Gasteiger partial charge in [0, 0.05) is 10.2 Å². The van der Waals surface area contributed by atoms with Crippen LogP contribution in [-0.4, -0.2) is 18.9 Å². The molecule has 0 saturated carbocycles. The van der Waals surface area contributed by atoms with Crippen molar-refractivity contribution in [3.8, 4) is 5.75 Å². The van der Waals surface area contributed by atoms with Gasteiger partial charge in [-0.1, -0.05) is 28.1 Å². The summed E-state index contributed by atoms with van der Waals surface area (Å²) in [6.45, 7) is 0. The maximum absolute atomic E-state index is 12.8. The Morgan fingerprint density at radius 3 is 2.36 bits per heavy atom. The lowest BCUT2D eigenvalue weighted by atomic mass is 10.2. The Labute approximate surface area is 170 Å². The van der Waals surface area contributed by atoms with Crippen LogP contribution in [0.3, 0.4) is 0 Å². The normalized spacial score (nSPS) is 11.0. The molecule has 1 heterocycles. The summed E-state index contributed by atoms with van der Waals surface area (Å²) in [5.41, 5.74) is 1.40. The lowest BCUT2D eigenvalue weighted by Gasteiger charge is -2.11. The molecule has 28 heavy (non-hydrogen) atoms. The lowest BCUT2D eigenvalue weighted by molar-refractivity contribution is -0.113. The number of halogens is 1. The van der Waals surface area contributed by atoms with Crippen LogP contribution >= 0.6 is 15.9 Å². The molecule has 0 unspecified atom stereocenters. The summed E-state index contributed by atoms with van der Waals surface area (Å²) in [5.74, 6) is -0.195. The average molecular weight is 441 g/mol. The number of ether oxygens (including phenoxy) is 1. The Bertz CT molecular complexity index is 978. The fourth-order valence-corrected chi connectivity index (χ4v) is 2.61. The minimum atomic E-state index is -0.516. The number of methoxy groups -OCH3 is 1. The summed E-state index contributed by atoms with van der Waals surface area (Å²) in [6.07, 6.45) is 2.98. The molecular weight excluding hydrogens is 424 g/mol. The first kappa shape index (κ1) is 19.4. The standard InChI is InChI=1S/C21H17BrN2O4/c1-27-17-10-8-16(9-11-17)23-20(25)18(13-14-4-6-15(22)7-5-14)24-21(26)19-3-2-12-28-19/h2-13H,1H3,(H,23,25)(H,24,26). The van der Waals surface area contributed by atoms with Crippen LogP contribution in [0.1, 0.15) is 16.1 Å². The number of hydrogen-bond acceptors (Lipinski definition) is 4. The molecular formula is C21H17BrN2O4. The zero-order chi connectivity index (χ0) is 19.9. The van der Waals surface area contributed by atoms with Crippen molar-refractivity contribution in [3.05, 3.63) is 88.4 Å². The number of anilines is 1. The molecule has 2 amide bonds. The molecule has 7 heteroatoms. The highest BCUT2D eigenvalue weighted by molar-refractivity contribution is 9.10. The molecule has 6 nitrogen and oxygen atoms in total. The van der Waals surface area contributed by atoms with Crippen molar-refractivity contribution in [3.63, 3.8) is 0 Å². The first-order valence-corrected chi connectivity index (χ1v) is 9.12.